The predicted octanol–water partition coefficient (Wildman–Crippen LogP) is 3.18. The number of amides is 3. The fraction of sp³-hybridized carbons (Fsp3) is 0.382. The largest absolute Gasteiger partial charge is 0.389 e. The van der Waals surface area contributed by atoms with Crippen LogP contribution >= 0.6 is 0 Å². The minimum Gasteiger partial charge on any atom is -0.389 e. The highest BCUT2D eigenvalue weighted by Gasteiger charge is 2.40. The van der Waals surface area contributed by atoms with Gasteiger partial charge in [0.2, 0.25) is 5.91 Å². The number of nitrogens with one attached hydrogen (secondary N) is 2. The zero-order chi connectivity index (χ0) is 32.1. The molecule has 3 aromatic carbocycles. The molecule has 238 valence electrons. The van der Waals surface area contributed by atoms with Gasteiger partial charge in [0, 0.05) is 37.4 Å². The van der Waals surface area contributed by atoms with Crippen LogP contribution in [0, 0.1) is 18.6 Å². The minimum absolute atomic E-state index is 0.0515. The Morgan fingerprint density at radius 3 is 2.47 bits per heavy atom. The zero-order valence-corrected chi connectivity index (χ0v) is 25.3. The molecular formula is C34H38F2N4O5. The zero-order valence-electron chi connectivity index (χ0n) is 25.3. The molecule has 9 nitrogen and oxygen atoms in total. The van der Waals surface area contributed by atoms with Crippen molar-refractivity contribution in [2.75, 3.05) is 26.9 Å². The van der Waals surface area contributed by atoms with E-state index in [9.17, 15) is 28.3 Å². The van der Waals surface area contributed by atoms with Crippen LogP contribution in [0.4, 0.5) is 8.78 Å². The molecule has 2 aliphatic rings. The number of aryl methyl sites for hydroxylation is 1. The molecule has 45 heavy (non-hydrogen) atoms. The molecule has 2 heterocycles. The molecule has 2 fully saturated rings. The van der Waals surface area contributed by atoms with Gasteiger partial charge in [-0.1, -0.05) is 30.3 Å². The highest BCUT2D eigenvalue weighted by Crippen LogP contribution is 2.23. The summed E-state index contributed by atoms with van der Waals surface area (Å²) in [5, 5.41) is 17.3. The lowest BCUT2D eigenvalue weighted by atomic mass is 9.95. The van der Waals surface area contributed by atoms with Gasteiger partial charge in [-0.3, -0.25) is 19.7 Å². The Morgan fingerprint density at radius 2 is 1.76 bits per heavy atom. The van der Waals surface area contributed by atoms with Gasteiger partial charge in [0.05, 0.1) is 31.5 Å². The monoisotopic (exact) mass is 620 g/mol. The molecule has 0 aliphatic carbocycles. The number of carbonyl (C=O) groups excluding carboxylic acids is 3. The summed E-state index contributed by atoms with van der Waals surface area (Å²) >= 11 is 0. The van der Waals surface area contributed by atoms with Gasteiger partial charge in [-0.2, -0.15) is 0 Å². The van der Waals surface area contributed by atoms with E-state index in [2.05, 4.69) is 10.6 Å². The molecule has 0 aromatic heterocycles. The Kier molecular flexibility index (Phi) is 10.2. The Morgan fingerprint density at radius 1 is 1.04 bits per heavy atom. The molecule has 3 N–H and O–H groups in total. The second kappa shape index (κ2) is 14.3. The quantitative estimate of drug-likeness (QED) is 0.304. The topological polar surface area (TPSA) is 111 Å². The third-order valence-electron chi connectivity index (χ3n) is 8.33. The number of hydrogen-bond donors (Lipinski definition) is 3. The lowest BCUT2D eigenvalue weighted by Gasteiger charge is -2.28. The lowest BCUT2D eigenvalue weighted by molar-refractivity contribution is -0.131. The SMILES string of the molecule is COC[C@H]1CCCN1C(=O)c1cc(C)cc(C(=O)N[C@@H](Cc2cc(F)cc(F)c2)[C@H](O)C2NCN(Cc3ccccc3)C2=O)c1. The normalized spacial score (nSPS) is 19.5. The summed E-state index contributed by atoms with van der Waals surface area (Å²) in [7, 11) is 1.59. The second-order valence-corrected chi connectivity index (χ2v) is 11.8. The van der Waals surface area contributed by atoms with Crippen LogP contribution < -0.4 is 10.6 Å². The van der Waals surface area contributed by atoms with Crippen LogP contribution in [0.15, 0.2) is 66.7 Å². The molecule has 11 heteroatoms. The van der Waals surface area contributed by atoms with Gasteiger partial charge in [0.1, 0.15) is 17.7 Å². The first-order valence-electron chi connectivity index (χ1n) is 15.0. The maximum atomic E-state index is 14.1. The Balaban J connectivity index is 1.37. The van der Waals surface area contributed by atoms with E-state index < -0.39 is 35.7 Å². The average Bonchev–Trinajstić information content (AvgIpc) is 3.62. The van der Waals surface area contributed by atoms with E-state index in [0.717, 1.165) is 36.6 Å². The molecule has 1 unspecified atom stereocenters. The van der Waals surface area contributed by atoms with Crippen LogP contribution in [-0.4, -0.2) is 83.8 Å². The van der Waals surface area contributed by atoms with Gasteiger partial charge in [-0.15, -0.1) is 0 Å². The van der Waals surface area contributed by atoms with E-state index in [4.69, 9.17) is 4.74 Å². The number of nitrogens with zero attached hydrogens (tertiary/aromatic N) is 2. The number of methoxy groups -OCH3 is 1. The van der Waals surface area contributed by atoms with Crippen molar-refractivity contribution in [3.8, 4) is 0 Å². The summed E-state index contributed by atoms with van der Waals surface area (Å²) in [6, 6.07) is 15.0. The van der Waals surface area contributed by atoms with Crippen LogP contribution in [0.25, 0.3) is 0 Å². The molecule has 3 aromatic rings. The number of likely N-dealkylation sites (tertiary alicyclic amines) is 1. The van der Waals surface area contributed by atoms with E-state index in [1.165, 1.54) is 6.07 Å². The smallest absolute Gasteiger partial charge is 0.254 e. The summed E-state index contributed by atoms with van der Waals surface area (Å²) in [5.74, 6) is -2.78. The molecule has 0 saturated carbocycles. The van der Waals surface area contributed by atoms with E-state index in [0.29, 0.717) is 30.8 Å². The molecule has 0 bridgehead atoms. The molecule has 0 radical (unpaired) electrons. The number of rotatable bonds is 11. The molecule has 0 spiro atoms. The highest BCUT2D eigenvalue weighted by molar-refractivity contribution is 6.00. The van der Waals surface area contributed by atoms with Crippen molar-refractivity contribution < 1.29 is 33.0 Å². The fourth-order valence-electron chi connectivity index (χ4n) is 6.17. The first-order valence-corrected chi connectivity index (χ1v) is 15.0. The van der Waals surface area contributed by atoms with Gasteiger partial charge in [0.15, 0.2) is 0 Å². The molecule has 4 atom stereocenters. The van der Waals surface area contributed by atoms with E-state index in [-0.39, 0.29) is 42.1 Å². The van der Waals surface area contributed by atoms with Crippen molar-refractivity contribution in [2.24, 2.45) is 0 Å². The van der Waals surface area contributed by atoms with E-state index >= 15 is 0 Å². The Bertz CT molecular complexity index is 1520. The molecule has 2 saturated heterocycles. The lowest BCUT2D eigenvalue weighted by Crippen LogP contribution is -2.54. The van der Waals surface area contributed by atoms with Gasteiger partial charge < -0.3 is 25.0 Å². The van der Waals surface area contributed by atoms with Crippen molar-refractivity contribution in [1.29, 1.82) is 0 Å². The summed E-state index contributed by atoms with van der Waals surface area (Å²) in [6.45, 7) is 3.28. The van der Waals surface area contributed by atoms with Crippen LogP contribution in [0.2, 0.25) is 0 Å². The summed E-state index contributed by atoms with van der Waals surface area (Å²) in [5.41, 5.74) is 2.32. The summed E-state index contributed by atoms with van der Waals surface area (Å²) < 4.78 is 33.5. The van der Waals surface area contributed by atoms with Gasteiger partial charge >= 0.3 is 0 Å². The Labute approximate surface area is 261 Å². The average molecular weight is 621 g/mol. The number of hydrogen-bond acceptors (Lipinski definition) is 6. The molecule has 5 rings (SSSR count). The maximum Gasteiger partial charge on any atom is 0.254 e. The van der Waals surface area contributed by atoms with Crippen molar-refractivity contribution in [3.63, 3.8) is 0 Å². The predicted molar refractivity (Wildman–Crippen MR) is 163 cm³/mol. The van der Waals surface area contributed by atoms with Gasteiger partial charge in [-0.05, 0) is 73.2 Å². The van der Waals surface area contributed by atoms with Crippen LogP contribution in [0.1, 0.15) is 50.2 Å². The molecular weight excluding hydrogens is 582 g/mol. The first kappa shape index (κ1) is 32.2. The number of ether oxygens (including phenoxy) is 1. The van der Waals surface area contributed by atoms with Crippen LogP contribution in [0.5, 0.6) is 0 Å². The van der Waals surface area contributed by atoms with Crippen molar-refractivity contribution in [1.82, 2.24) is 20.4 Å². The second-order valence-electron chi connectivity index (χ2n) is 11.8. The fourth-order valence-corrected chi connectivity index (χ4v) is 6.17. The highest BCUT2D eigenvalue weighted by atomic mass is 19.1. The third kappa shape index (κ3) is 7.73. The number of aliphatic hydroxyl groups is 1. The van der Waals surface area contributed by atoms with Gasteiger partial charge in [0.25, 0.3) is 11.8 Å². The summed E-state index contributed by atoms with van der Waals surface area (Å²) in [4.78, 5) is 43.8. The van der Waals surface area contributed by atoms with Crippen LogP contribution in [-0.2, 0) is 22.5 Å². The van der Waals surface area contributed by atoms with E-state index in [1.807, 2.05) is 30.3 Å². The number of halogens is 2. The van der Waals surface area contributed by atoms with E-state index in [1.54, 1.807) is 36.0 Å². The Hall–Kier alpha value is -4.19. The number of benzene rings is 3. The van der Waals surface area contributed by atoms with Crippen molar-refractivity contribution in [3.05, 3.63) is 106 Å². The van der Waals surface area contributed by atoms with Crippen molar-refractivity contribution in [2.45, 2.75) is 57.0 Å². The van der Waals surface area contributed by atoms with Crippen LogP contribution in [0.3, 0.4) is 0 Å². The van der Waals surface area contributed by atoms with Gasteiger partial charge in [-0.25, -0.2) is 8.78 Å². The van der Waals surface area contributed by atoms with Crippen molar-refractivity contribution >= 4 is 17.7 Å². The standard InChI is InChI=1S/C34H38F2N4O5/c1-21-11-24(16-25(12-21)33(43)40-10-6-9-28(40)19-45-2)32(42)38-29(15-23-13-26(35)17-27(36)14-23)31(41)30-34(44)39(20-37-30)18-22-7-4-3-5-8-22/h3-5,7-8,11-14,16-17,28-31,37,41H,6,9-10,15,18-20H2,1-2H3,(H,38,42)/t28-,29+,30?,31+/m1/s1. The third-order valence-corrected chi connectivity index (χ3v) is 8.33. The first-order chi connectivity index (χ1) is 21.6. The molecule has 2 aliphatic heterocycles. The summed E-state index contributed by atoms with van der Waals surface area (Å²) in [6.07, 6.45) is 0.0836. The minimum atomic E-state index is -1.45. The maximum absolute atomic E-state index is 14.1. The number of aliphatic hydroxyl groups excluding tert-OH is 1. The molecule has 3 amide bonds. The number of carbonyl (C=O) groups is 3.